The van der Waals surface area contributed by atoms with Crippen LogP contribution in [-0.2, 0) is 17.9 Å². The summed E-state index contributed by atoms with van der Waals surface area (Å²) in [6.07, 6.45) is 0. The average Bonchev–Trinajstić information content (AvgIpc) is 2.77. The van der Waals surface area contributed by atoms with Gasteiger partial charge < -0.3 is 15.2 Å². The first kappa shape index (κ1) is 13.3. The summed E-state index contributed by atoms with van der Waals surface area (Å²) in [6.45, 7) is 4.77. The first-order chi connectivity index (χ1) is 9.13. The summed E-state index contributed by atoms with van der Waals surface area (Å²) in [7, 11) is 0. The first-order valence-corrected chi connectivity index (χ1v) is 6.13. The fourth-order valence-corrected chi connectivity index (χ4v) is 1.74. The van der Waals surface area contributed by atoms with Gasteiger partial charge in [-0.05, 0) is 24.6 Å². The Hall–Kier alpha value is -2.14. The molecule has 0 aliphatic rings. The van der Waals surface area contributed by atoms with Gasteiger partial charge in [0, 0.05) is 25.2 Å². The minimum atomic E-state index is -0.0634. The molecule has 0 fully saturated rings. The molecule has 1 aromatic carbocycles. The Kier molecular flexibility index (Phi) is 4.30. The SMILES string of the molecule is CC(=O)Nc1ccc(CNCc2cc(C)no2)cc1. The number of nitrogens with one attached hydrogen (secondary N) is 2. The van der Waals surface area contributed by atoms with Crippen LogP contribution in [0.25, 0.3) is 0 Å². The summed E-state index contributed by atoms with van der Waals surface area (Å²) >= 11 is 0. The zero-order valence-electron chi connectivity index (χ0n) is 11.1. The first-order valence-electron chi connectivity index (χ1n) is 6.13. The van der Waals surface area contributed by atoms with Gasteiger partial charge in [0.15, 0.2) is 5.76 Å². The van der Waals surface area contributed by atoms with E-state index in [2.05, 4.69) is 15.8 Å². The third-order valence-corrected chi connectivity index (χ3v) is 2.58. The lowest BCUT2D eigenvalue weighted by Gasteiger charge is -2.05. The van der Waals surface area contributed by atoms with Crippen molar-refractivity contribution in [2.45, 2.75) is 26.9 Å². The van der Waals surface area contributed by atoms with Crippen LogP contribution in [0.15, 0.2) is 34.9 Å². The van der Waals surface area contributed by atoms with Gasteiger partial charge in [-0.2, -0.15) is 0 Å². The number of hydrogen-bond acceptors (Lipinski definition) is 4. The molecule has 2 N–H and O–H groups in total. The summed E-state index contributed by atoms with van der Waals surface area (Å²) in [5.74, 6) is 0.763. The minimum absolute atomic E-state index is 0.0634. The second-order valence-electron chi connectivity index (χ2n) is 4.42. The number of hydrogen-bond donors (Lipinski definition) is 2. The number of carbonyl (C=O) groups excluding carboxylic acids is 1. The standard InChI is InChI=1S/C14H17N3O2/c1-10-7-14(19-17-10)9-15-8-12-3-5-13(6-4-12)16-11(2)18/h3-7,15H,8-9H2,1-2H3,(H,16,18). The molecular formula is C14H17N3O2. The van der Waals surface area contributed by atoms with Crippen molar-refractivity contribution in [3.8, 4) is 0 Å². The monoisotopic (exact) mass is 259 g/mol. The highest BCUT2D eigenvalue weighted by atomic mass is 16.5. The summed E-state index contributed by atoms with van der Waals surface area (Å²) in [4.78, 5) is 10.9. The van der Waals surface area contributed by atoms with Crippen molar-refractivity contribution >= 4 is 11.6 Å². The highest BCUT2D eigenvalue weighted by Gasteiger charge is 2.00. The zero-order valence-corrected chi connectivity index (χ0v) is 11.1. The lowest BCUT2D eigenvalue weighted by atomic mass is 10.2. The van der Waals surface area contributed by atoms with Crippen LogP contribution in [0, 0.1) is 6.92 Å². The molecule has 0 saturated carbocycles. The van der Waals surface area contributed by atoms with Crippen LogP contribution in [0.5, 0.6) is 0 Å². The average molecular weight is 259 g/mol. The predicted octanol–water partition coefficient (Wildman–Crippen LogP) is 2.23. The minimum Gasteiger partial charge on any atom is -0.360 e. The molecule has 1 aromatic heterocycles. The number of benzene rings is 1. The molecule has 1 heterocycles. The molecule has 5 nitrogen and oxygen atoms in total. The van der Waals surface area contributed by atoms with Gasteiger partial charge in [0.05, 0.1) is 12.2 Å². The normalized spacial score (nSPS) is 10.4. The van der Waals surface area contributed by atoms with Crippen LogP contribution >= 0.6 is 0 Å². The maximum atomic E-state index is 10.9. The Bertz CT molecular complexity index is 546. The fourth-order valence-electron chi connectivity index (χ4n) is 1.74. The molecule has 0 bridgehead atoms. The third kappa shape index (κ3) is 4.22. The van der Waals surface area contributed by atoms with Gasteiger partial charge in [-0.15, -0.1) is 0 Å². The molecule has 0 saturated heterocycles. The number of nitrogens with zero attached hydrogens (tertiary/aromatic N) is 1. The van der Waals surface area contributed by atoms with E-state index in [4.69, 9.17) is 4.52 Å². The van der Waals surface area contributed by atoms with Crippen molar-refractivity contribution in [1.82, 2.24) is 10.5 Å². The molecule has 0 unspecified atom stereocenters. The largest absolute Gasteiger partial charge is 0.360 e. The van der Waals surface area contributed by atoms with E-state index in [0.29, 0.717) is 6.54 Å². The molecule has 100 valence electrons. The molecule has 2 aromatic rings. The highest BCUT2D eigenvalue weighted by Crippen LogP contribution is 2.09. The zero-order chi connectivity index (χ0) is 13.7. The number of anilines is 1. The van der Waals surface area contributed by atoms with Gasteiger partial charge in [-0.3, -0.25) is 4.79 Å². The van der Waals surface area contributed by atoms with Crippen LogP contribution < -0.4 is 10.6 Å². The van der Waals surface area contributed by atoms with Gasteiger partial charge in [0.2, 0.25) is 5.91 Å². The van der Waals surface area contributed by atoms with Crippen molar-refractivity contribution in [1.29, 1.82) is 0 Å². The van der Waals surface area contributed by atoms with E-state index in [1.807, 2.05) is 37.3 Å². The van der Waals surface area contributed by atoms with Crippen molar-refractivity contribution in [3.63, 3.8) is 0 Å². The Labute approximate surface area is 112 Å². The van der Waals surface area contributed by atoms with E-state index >= 15 is 0 Å². The maximum absolute atomic E-state index is 10.9. The molecule has 0 aliphatic heterocycles. The second kappa shape index (κ2) is 6.15. The van der Waals surface area contributed by atoms with Crippen LogP contribution in [0.2, 0.25) is 0 Å². The summed E-state index contributed by atoms with van der Waals surface area (Å²) in [6, 6.07) is 9.63. The summed E-state index contributed by atoms with van der Waals surface area (Å²) < 4.78 is 5.11. The second-order valence-corrected chi connectivity index (χ2v) is 4.42. The number of aromatic nitrogens is 1. The van der Waals surface area contributed by atoms with E-state index in [9.17, 15) is 4.79 Å². The molecule has 0 spiro atoms. The van der Waals surface area contributed by atoms with Crippen LogP contribution in [0.4, 0.5) is 5.69 Å². The highest BCUT2D eigenvalue weighted by molar-refractivity contribution is 5.88. The van der Waals surface area contributed by atoms with Crippen molar-refractivity contribution in [2.75, 3.05) is 5.32 Å². The summed E-state index contributed by atoms with van der Waals surface area (Å²) in [5.41, 5.74) is 2.84. The molecule has 0 atom stereocenters. The van der Waals surface area contributed by atoms with E-state index in [1.165, 1.54) is 6.92 Å². The van der Waals surface area contributed by atoms with Gasteiger partial charge in [0.25, 0.3) is 0 Å². The molecule has 0 radical (unpaired) electrons. The van der Waals surface area contributed by atoms with Crippen LogP contribution in [0.1, 0.15) is 23.9 Å². The number of aryl methyl sites for hydroxylation is 1. The molecule has 5 heteroatoms. The van der Waals surface area contributed by atoms with E-state index in [1.54, 1.807) is 0 Å². The van der Waals surface area contributed by atoms with E-state index in [0.717, 1.165) is 29.2 Å². The quantitative estimate of drug-likeness (QED) is 0.864. The lowest BCUT2D eigenvalue weighted by Crippen LogP contribution is -2.12. The topological polar surface area (TPSA) is 67.2 Å². The number of rotatable bonds is 5. The molecule has 19 heavy (non-hydrogen) atoms. The van der Waals surface area contributed by atoms with Crippen molar-refractivity contribution in [3.05, 3.63) is 47.3 Å². The smallest absolute Gasteiger partial charge is 0.221 e. The maximum Gasteiger partial charge on any atom is 0.221 e. The van der Waals surface area contributed by atoms with E-state index in [-0.39, 0.29) is 5.91 Å². The van der Waals surface area contributed by atoms with Crippen LogP contribution in [0.3, 0.4) is 0 Å². The number of carbonyl (C=O) groups is 1. The Morgan fingerprint density at radius 3 is 2.58 bits per heavy atom. The predicted molar refractivity (Wildman–Crippen MR) is 72.5 cm³/mol. The molecular weight excluding hydrogens is 242 g/mol. The van der Waals surface area contributed by atoms with Crippen molar-refractivity contribution in [2.24, 2.45) is 0 Å². The number of amides is 1. The van der Waals surface area contributed by atoms with Crippen LogP contribution in [-0.4, -0.2) is 11.1 Å². The lowest BCUT2D eigenvalue weighted by molar-refractivity contribution is -0.114. The van der Waals surface area contributed by atoms with Gasteiger partial charge in [0.1, 0.15) is 0 Å². The van der Waals surface area contributed by atoms with Gasteiger partial charge in [-0.25, -0.2) is 0 Å². The molecule has 0 aliphatic carbocycles. The Balaban J connectivity index is 1.81. The Morgan fingerprint density at radius 1 is 1.26 bits per heavy atom. The molecule has 2 rings (SSSR count). The van der Waals surface area contributed by atoms with Gasteiger partial charge >= 0.3 is 0 Å². The molecule has 1 amide bonds. The fraction of sp³-hybridized carbons (Fsp3) is 0.286. The van der Waals surface area contributed by atoms with Gasteiger partial charge in [-0.1, -0.05) is 17.3 Å². The van der Waals surface area contributed by atoms with E-state index < -0.39 is 0 Å². The van der Waals surface area contributed by atoms with Crippen molar-refractivity contribution < 1.29 is 9.32 Å². The Morgan fingerprint density at radius 2 is 2.00 bits per heavy atom. The third-order valence-electron chi connectivity index (χ3n) is 2.58. The summed E-state index contributed by atoms with van der Waals surface area (Å²) in [5, 5.41) is 9.83.